The zero-order valence-electron chi connectivity index (χ0n) is 13.1. The molecule has 0 saturated carbocycles. The van der Waals surface area contributed by atoms with E-state index in [1.807, 2.05) is 0 Å². The van der Waals surface area contributed by atoms with Crippen molar-refractivity contribution in [3.8, 4) is 17.1 Å². The Morgan fingerprint density at radius 1 is 1.20 bits per heavy atom. The molecule has 7 nitrogen and oxygen atoms in total. The lowest BCUT2D eigenvalue weighted by Gasteiger charge is -2.02. The monoisotopic (exact) mass is 336 g/mol. The van der Waals surface area contributed by atoms with Gasteiger partial charge in [-0.15, -0.1) is 0 Å². The maximum Gasteiger partial charge on any atom is 0.347 e. The van der Waals surface area contributed by atoms with Crippen LogP contribution in [0.15, 0.2) is 51.7 Å². The van der Waals surface area contributed by atoms with Crippen LogP contribution >= 0.6 is 0 Å². The number of H-pyrrole nitrogens is 1. The Bertz CT molecular complexity index is 1190. The van der Waals surface area contributed by atoms with Crippen molar-refractivity contribution >= 4 is 28.0 Å². The van der Waals surface area contributed by atoms with Crippen LogP contribution in [0, 0.1) is 0 Å². The Morgan fingerprint density at radius 3 is 2.80 bits per heavy atom. The number of aromatic nitrogens is 2. The van der Waals surface area contributed by atoms with Crippen molar-refractivity contribution in [3.05, 3.63) is 58.4 Å². The molecule has 0 bridgehead atoms. The highest BCUT2D eigenvalue weighted by Crippen LogP contribution is 2.25. The van der Waals surface area contributed by atoms with Crippen LogP contribution in [-0.2, 0) is 0 Å². The highest BCUT2D eigenvalue weighted by molar-refractivity contribution is 5.93. The zero-order valence-corrected chi connectivity index (χ0v) is 13.1. The number of rotatable bonds is 3. The molecule has 0 atom stereocenters. The van der Waals surface area contributed by atoms with E-state index < -0.39 is 11.6 Å². The second-order valence-corrected chi connectivity index (χ2v) is 5.47. The molecule has 0 fully saturated rings. The van der Waals surface area contributed by atoms with E-state index in [0.29, 0.717) is 33.6 Å². The highest BCUT2D eigenvalue weighted by Gasteiger charge is 2.14. The summed E-state index contributed by atoms with van der Waals surface area (Å²) in [6.45, 7) is 0. The van der Waals surface area contributed by atoms with Crippen molar-refractivity contribution in [2.24, 2.45) is 0 Å². The van der Waals surface area contributed by atoms with Gasteiger partial charge < -0.3 is 19.2 Å². The fourth-order valence-electron chi connectivity index (χ4n) is 2.66. The Morgan fingerprint density at radius 2 is 2.04 bits per heavy atom. The predicted molar refractivity (Wildman–Crippen MR) is 91.1 cm³/mol. The third-order valence-electron chi connectivity index (χ3n) is 3.92. The van der Waals surface area contributed by atoms with E-state index in [0.717, 1.165) is 0 Å². The first-order valence-corrected chi connectivity index (χ1v) is 7.40. The first kappa shape index (κ1) is 14.9. The van der Waals surface area contributed by atoms with Crippen molar-refractivity contribution in [3.63, 3.8) is 0 Å². The van der Waals surface area contributed by atoms with Crippen LogP contribution < -0.4 is 10.4 Å². The molecular weight excluding hydrogens is 324 g/mol. The highest BCUT2D eigenvalue weighted by atomic mass is 16.5. The van der Waals surface area contributed by atoms with E-state index in [1.165, 1.54) is 12.1 Å². The molecule has 2 aromatic heterocycles. The minimum atomic E-state index is -1.03. The molecule has 0 unspecified atom stereocenters. The van der Waals surface area contributed by atoms with Crippen LogP contribution in [0.5, 0.6) is 5.75 Å². The molecule has 0 aliphatic heterocycles. The van der Waals surface area contributed by atoms with E-state index >= 15 is 0 Å². The topological polar surface area (TPSA) is 105 Å². The summed E-state index contributed by atoms with van der Waals surface area (Å²) in [4.78, 5) is 30.7. The molecule has 0 amide bonds. The number of hydrogen-bond donors (Lipinski definition) is 2. The van der Waals surface area contributed by atoms with Gasteiger partial charge in [-0.2, -0.15) is 0 Å². The van der Waals surface area contributed by atoms with Gasteiger partial charge in [0.25, 0.3) is 0 Å². The van der Waals surface area contributed by atoms with E-state index in [2.05, 4.69) is 9.97 Å². The Balaban J connectivity index is 1.90. The number of hydrogen-bond acceptors (Lipinski definition) is 5. The first-order chi connectivity index (χ1) is 12.0. The number of fused-ring (bicyclic) bond motifs is 2. The van der Waals surface area contributed by atoms with Gasteiger partial charge in [-0.1, -0.05) is 0 Å². The number of ether oxygens (including phenoxy) is 1. The zero-order chi connectivity index (χ0) is 17.6. The number of carbonyl (C=O) groups is 1. The summed E-state index contributed by atoms with van der Waals surface area (Å²) in [7, 11) is 1.56. The van der Waals surface area contributed by atoms with Crippen molar-refractivity contribution in [1.82, 2.24) is 9.97 Å². The lowest BCUT2D eigenvalue weighted by molar-refractivity contribution is 0.0697. The largest absolute Gasteiger partial charge is 0.497 e. The molecule has 0 aliphatic rings. The van der Waals surface area contributed by atoms with Gasteiger partial charge in [0.15, 0.2) is 0 Å². The lowest BCUT2D eigenvalue weighted by atomic mass is 10.1. The smallest absolute Gasteiger partial charge is 0.347 e. The van der Waals surface area contributed by atoms with E-state index in [1.54, 1.807) is 37.4 Å². The fourth-order valence-corrected chi connectivity index (χ4v) is 2.66. The number of imidazole rings is 1. The Kier molecular flexibility index (Phi) is 3.28. The van der Waals surface area contributed by atoms with Crippen molar-refractivity contribution < 1.29 is 19.1 Å². The average Bonchev–Trinajstić information content (AvgIpc) is 3.03. The van der Waals surface area contributed by atoms with Crippen LogP contribution in [-0.4, -0.2) is 28.2 Å². The van der Waals surface area contributed by atoms with Crippen LogP contribution in [0.3, 0.4) is 0 Å². The van der Waals surface area contributed by atoms with E-state index in [4.69, 9.17) is 14.3 Å². The summed E-state index contributed by atoms with van der Waals surface area (Å²) in [6.07, 6.45) is 0. The number of carboxylic acids is 1. The van der Waals surface area contributed by atoms with Crippen molar-refractivity contribution in [2.45, 2.75) is 0 Å². The molecule has 25 heavy (non-hydrogen) atoms. The molecule has 0 radical (unpaired) electrons. The number of aromatic carboxylic acids is 1. The number of methoxy groups -OCH3 is 1. The standard InChI is InChI=1S/C18H12N2O5/c1-24-11-3-5-15-10(6-11)7-12(18(23)25-15)16-19-13-4-2-9(17(21)22)8-14(13)20-16/h2-8H,1H3,(H,19,20)(H,21,22). The minimum absolute atomic E-state index is 0.137. The van der Waals surface area contributed by atoms with Crippen molar-refractivity contribution in [1.29, 1.82) is 0 Å². The van der Waals surface area contributed by atoms with Gasteiger partial charge in [0, 0.05) is 5.39 Å². The van der Waals surface area contributed by atoms with Crippen molar-refractivity contribution in [2.75, 3.05) is 7.11 Å². The molecule has 7 heteroatoms. The fraction of sp³-hybridized carbons (Fsp3) is 0.0556. The van der Waals surface area contributed by atoms with Gasteiger partial charge in [0.1, 0.15) is 22.7 Å². The summed E-state index contributed by atoms with van der Waals surface area (Å²) in [5.41, 5.74) is 1.39. The molecule has 4 rings (SSSR count). The molecule has 124 valence electrons. The molecule has 0 aliphatic carbocycles. The number of nitrogens with zero attached hydrogens (tertiary/aromatic N) is 1. The third-order valence-corrected chi connectivity index (χ3v) is 3.92. The van der Waals surface area contributed by atoms with Gasteiger partial charge in [0.2, 0.25) is 0 Å². The third kappa shape index (κ3) is 2.51. The van der Waals surface area contributed by atoms with Crippen LogP contribution in [0.1, 0.15) is 10.4 Å². The molecule has 2 heterocycles. The summed E-state index contributed by atoms with van der Waals surface area (Å²) in [5, 5.41) is 9.76. The summed E-state index contributed by atoms with van der Waals surface area (Å²) in [5.74, 6) is -0.0747. The van der Waals surface area contributed by atoms with E-state index in [-0.39, 0.29) is 11.1 Å². The normalized spacial score (nSPS) is 11.1. The van der Waals surface area contributed by atoms with Gasteiger partial charge in [0.05, 0.1) is 23.7 Å². The number of benzene rings is 2. The maximum atomic E-state index is 12.3. The molecular formula is C18H12N2O5. The van der Waals surface area contributed by atoms with Crippen LogP contribution in [0.4, 0.5) is 0 Å². The second-order valence-electron chi connectivity index (χ2n) is 5.47. The predicted octanol–water partition coefficient (Wildman–Crippen LogP) is 3.04. The molecule has 2 aromatic carbocycles. The van der Waals surface area contributed by atoms with Gasteiger partial charge in [-0.3, -0.25) is 0 Å². The molecule has 2 N–H and O–H groups in total. The molecule has 0 saturated heterocycles. The maximum absolute atomic E-state index is 12.3. The van der Waals surface area contributed by atoms with Crippen LogP contribution in [0.25, 0.3) is 33.4 Å². The van der Waals surface area contributed by atoms with Crippen LogP contribution in [0.2, 0.25) is 0 Å². The summed E-state index contributed by atoms with van der Waals surface area (Å²) < 4.78 is 10.5. The average molecular weight is 336 g/mol. The number of aromatic amines is 1. The minimum Gasteiger partial charge on any atom is -0.497 e. The molecule has 4 aromatic rings. The summed E-state index contributed by atoms with van der Waals surface area (Å²) >= 11 is 0. The van der Waals surface area contributed by atoms with Gasteiger partial charge in [-0.05, 0) is 42.5 Å². The Hall–Kier alpha value is -3.61. The van der Waals surface area contributed by atoms with Gasteiger partial charge in [-0.25, -0.2) is 14.6 Å². The van der Waals surface area contributed by atoms with E-state index in [9.17, 15) is 9.59 Å². The number of carboxylic acid groups (broad SMARTS) is 1. The summed E-state index contributed by atoms with van der Waals surface area (Å²) in [6, 6.07) is 11.3. The second kappa shape index (κ2) is 5.48. The SMILES string of the molecule is COc1ccc2oc(=O)c(-c3nc4ccc(C(=O)O)cc4[nH]3)cc2c1. The number of nitrogens with one attached hydrogen (secondary N) is 1. The lowest BCUT2D eigenvalue weighted by Crippen LogP contribution is -2.03. The molecule has 0 spiro atoms. The Labute approximate surface area is 140 Å². The van der Waals surface area contributed by atoms with Gasteiger partial charge >= 0.3 is 11.6 Å². The first-order valence-electron chi connectivity index (χ1n) is 7.40. The quantitative estimate of drug-likeness (QED) is 0.557.